The van der Waals surface area contributed by atoms with E-state index in [1.165, 1.54) is 66.4 Å². The second kappa shape index (κ2) is 9.98. The first-order valence-electron chi connectivity index (χ1n) is 17.8. The van der Waals surface area contributed by atoms with Crippen molar-refractivity contribution in [2.24, 2.45) is 0 Å². The van der Waals surface area contributed by atoms with Crippen LogP contribution in [0.5, 0.6) is 0 Å². The maximum atomic E-state index is 6.62. The van der Waals surface area contributed by atoms with Crippen LogP contribution in [-0.4, -0.2) is 0 Å². The van der Waals surface area contributed by atoms with E-state index in [0.717, 1.165) is 39.0 Å². The molecule has 0 spiro atoms. The highest BCUT2D eigenvalue weighted by atomic mass is 16.3. The van der Waals surface area contributed by atoms with Gasteiger partial charge in [0.2, 0.25) is 0 Å². The molecule has 2 heteroatoms. The van der Waals surface area contributed by atoms with Crippen LogP contribution in [0.15, 0.2) is 132 Å². The minimum Gasteiger partial charge on any atom is -0.454 e. The third-order valence-corrected chi connectivity index (χ3v) is 11.8. The number of nitrogens with zero attached hydrogens (tertiary/aromatic N) is 1. The molecule has 2 aliphatic carbocycles. The first kappa shape index (κ1) is 29.3. The molecule has 0 saturated carbocycles. The van der Waals surface area contributed by atoms with E-state index in [9.17, 15) is 0 Å². The van der Waals surface area contributed by atoms with Gasteiger partial charge in [0, 0.05) is 33.0 Å². The third kappa shape index (κ3) is 3.91. The van der Waals surface area contributed by atoms with Gasteiger partial charge in [-0.25, -0.2) is 0 Å². The first-order valence-corrected chi connectivity index (χ1v) is 17.8. The Morgan fingerprint density at radius 3 is 2.00 bits per heavy atom. The quantitative estimate of drug-likeness (QED) is 0.190. The second-order valence-electron chi connectivity index (χ2n) is 15.5. The van der Waals surface area contributed by atoms with Gasteiger partial charge >= 0.3 is 0 Å². The van der Waals surface area contributed by atoms with Gasteiger partial charge in [-0.1, -0.05) is 100 Å². The zero-order chi connectivity index (χ0) is 34.1. The summed E-state index contributed by atoms with van der Waals surface area (Å²) in [5, 5.41) is 4.76. The Labute approximate surface area is 293 Å². The topological polar surface area (TPSA) is 16.4 Å². The minimum atomic E-state index is -0.127. The highest BCUT2D eigenvalue weighted by Crippen LogP contribution is 2.56. The van der Waals surface area contributed by atoms with Crippen molar-refractivity contribution in [1.82, 2.24) is 0 Å². The predicted octanol–water partition coefficient (Wildman–Crippen LogP) is 13.4. The van der Waals surface area contributed by atoms with E-state index in [1.807, 2.05) is 6.07 Å². The molecular weight excluding hydrogens is 607 g/mol. The molecule has 50 heavy (non-hydrogen) atoms. The smallest absolute Gasteiger partial charge is 0.159 e. The summed E-state index contributed by atoms with van der Waals surface area (Å²) >= 11 is 0. The van der Waals surface area contributed by atoms with Crippen LogP contribution in [0, 0.1) is 13.8 Å². The molecule has 10 rings (SSSR count). The number of furan rings is 1. The van der Waals surface area contributed by atoms with Crippen LogP contribution in [-0.2, 0) is 10.8 Å². The van der Waals surface area contributed by atoms with Gasteiger partial charge in [0.15, 0.2) is 5.58 Å². The van der Waals surface area contributed by atoms with Gasteiger partial charge in [-0.2, -0.15) is 0 Å². The average Bonchev–Trinajstić information content (AvgIpc) is 3.68. The summed E-state index contributed by atoms with van der Waals surface area (Å²) in [4.78, 5) is 2.39. The monoisotopic (exact) mass is 645 g/mol. The highest BCUT2D eigenvalue weighted by molar-refractivity contribution is 6.10. The molecule has 242 valence electrons. The molecule has 0 saturated heterocycles. The van der Waals surface area contributed by atoms with Crippen molar-refractivity contribution in [2.45, 2.75) is 52.4 Å². The van der Waals surface area contributed by atoms with Crippen molar-refractivity contribution in [3.05, 3.63) is 161 Å². The Kier molecular flexibility index (Phi) is 5.86. The number of para-hydroxylation sites is 2. The fourth-order valence-electron chi connectivity index (χ4n) is 9.07. The summed E-state index contributed by atoms with van der Waals surface area (Å²) in [7, 11) is 0. The number of hydrogen-bond acceptors (Lipinski definition) is 2. The third-order valence-electron chi connectivity index (χ3n) is 11.8. The van der Waals surface area contributed by atoms with E-state index in [1.54, 1.807) is 0 Å². The van der Waals surface area contributed by atoms with Gasteiger partial charge in [0.05, 0.1) is 5.69 Å². The Morgan fingerprint density at radius 1 is 0.480 bits per heavy atom. The Balaban J connectivity index is 1.17. The van der Waals surface area contributed by atoms with Crippen LogP contribution in [0.2, 0.25) is 0 Å². The lowest BCUT2D eigenvalue weighted by atomic mass is 9.79. The van der Waals surface area contributed by atoms with Gasteiger partial charge in [-0.05, 0) is 135 Å². The van der Waals surface area contributed by atoms with Gasteiger partial charge in [0.25, 0.3) is 0 Å². The number of benzene rings is 7. The molecule has 1 aromatic heterocycles. The van der Waals surface area contributed by atoms with Crippen LogP contribution < -0.4 is 4.90 Å². The molecule has 0 bridgehead atoms. The van der Waals surface area contributed by atoms with E-state index in [0.29, 0.717) is 0 Å². The lowest BCUT2D eigenvalue weighted by Crippen LogP contribution is -2.17. The number of rotatable bonds is 3. The van der Waals surface area contributed by atoms with Crippen molar-refractivity contribution >= 4 is 49.8 Å². The van der Waals surface area contributed by atoms with E-state index in [4.69, 9.17) is 4.42 Å². The zero-order valence-electron chi connectivity index (χ0n) is 29.5. The number of anilines is 3. The molecule has 0 N–H and O–H groups in total. The molecule has 2 aliphatic rings. The standard InChI is InChI=1S/C48H39NO/c1-28-18-19-29(2)44(22-28)49(43-16-11-14-35-34-13-8-10-17-45(34)50-46(35)43)32-21-20-30-24-36-38-27-41-37(33-12-7-9-15-39(33)47(41,3)4)26-42(38)48(5,6)40(36)25-31(30)23-32/h7-27H,1-6H3. The van der Waals surface area contributed by atoms with Crippen LogP contribution in [0.1, 0.15) is 61.1 Å². The molecule has 0 atom stereocenters. The average molecular weight is 646 g/mol. The minimum absolute atomic E-state index is 0.0281. The molecule has 1 heterocycles. The van der Waals surface area contributed by atoms with E-state index >= 15 is 0 Å². The molecule has 0 radical (unpaired) electrons. The first-order chi connectivity index (χ1) is 24.1. The van der Waals surface area contributed by atoms with Gasteiger partial charge in [0.1, 0.15) is 5.58 Å². The van der Waals surface area contributed by atoms with Crippen LogP contribution in [0.4, 0.5) is 17.1 Å². The van der Waals surface area contributed by atoms with Crippen LogP contribution in [0.3, 0.4) is 0 Å². The molecule has 2 nitrogen and oxygen atoms in total. The molecule has 8 aromatic rings. The second-order valence-corrected chi connectivity index (χ2v) is 15.5. The maximum Gasteiger partial charge on any atom is 0.159 e. The summed E-state index contributed by atoms with van der Waals surface area (Å²) in [5.74, 6) is 0. The largest absolute Gasteiger partial charge is 0.454 e. The summed E-state index contributed by atoms with van der Waals surface area (Å²) in [6, 6.07) is 47.4. The van der Waals surface area contributed by atoms with Crippen molar-refractivity contribution in [1.29, 1.82) is 0 Å². The summed E-state index contributed by atoms with van der Waals surface area (Å²) in [5.41, 5.74) is 18.6. The normalized spacial score (nSPS) is 14.9. The summed E-state index contributed by atoms with van der Waals surface area (Å²) < 4.78 is 6.62. The van der Waals surface area contributed by atoms with Crippen molar-refractivity contribution in [3.63, 3.8) is 0 Å². The SMILES string of the molecule is Cc1ccc(C)c(N(c2ccc3cc4c(cc3c2)C(C)(C)c2cc3c(cc2-4)C(C)(C)c2ccccc2-3)c2cccc3c2oc2ccccc23)c1. The molecule has 0 amide bonds. The van der Waals surface area contributed by atoms with Crippen LogP contribution in [0.25, 0.3) is 55.0 Å². The van der Waals surface area contributed by atoms with E-state index < -0.39 is 0 Å². The van der Waals surface area contributed by atoms with Crippen molar-refractivity contribution in [2.75, 3.05) is 4.90 Å². The van der Waals surface area contributed by atoms with E-state index in [2.05, 4.69) is 168 Å². The van der Waals surface area contributed by atoms with Crippen LogP contribution >= 0.6 is 0 Å². The Hall–Kier alpha value is -5.60. The Morgan fingerprint density at radius 2 is 1.16 bits per heavy atom. The maximum absolute atomic E-state index is 6.62. The molecule has 0 unspecified atom stereocenters. The van der Waals surface area contributed by atoms with Crippen molar-refractivity contribution in [3.8, 4) is 22.3 Å². The van der Waals surface area contributed by atoms with Gasteiger partial charge in [-0.3, -0.25) is 0 Å². The molecule has 7 aromatic carbocycles. The molecule has 0 aliphatic heterocycles. The highest BCUT2D eigenvalue weighted by Gasteiger charge is 2.41. The van der Waals surface area contributed by atoms with E-state index in [-0.39, 0.29) is 10.8 Å². The number of hydrogen-bond donors (Lipinski definition) is 0. The number of fused-ring (bicyclic) bond motifs is 10. The fraction of sp³-hybridized carbons (Fsp3) is 0.167. The van der Waals surface area contributed by atoms with Gasteiger partial charge in [-0.15, -0.1) is 0 Å². The fourth-order valence-corrected chi connectivity index (χ4v) is 9.07. The van der Waals surface area contributed by atoms with Crippen molar-refractivity contribution < 1.29 is 4.42 Å². The predicted molar refractivity (Wildman–Crippen MR) is 211 cm³/mol. The molecular formula is C48H39NO. The zero-order valence-corrected chi connectivity index (χ0v) is 29.5. The lowest BCUT2D eigenvalue weighted by Gasteiger charge is -2.28. The summed E-state index contributed by atoms with van der Waals surface area (Å²) in [6.45, 7) is 13.9. The number of aryl methyl sites for hydroxylation is 2. The lowest BCUT2D eigenvalue weighted by molar-refractivity contribution is 0.652. The summed E-state index contributed by atoms with van der Waals surface area (Å²) in [6.07, 6.45) is 0. The van der Waals surface area contributed by atoms with Gasteiger partial charge < -0.3 is 9.32 Å². The molecule has 0 fully saturated rings. The Bertz CT molecular complexity index is 2740.